The minimum atomic E-state index is 0.366. The zero-order chi connectivity index (χ0) is 11.0. The van der Waals surface area contributed by atoms with Gasteiger partial charge in [0, 0.05) is 31.9 Å². The summed E-state index contributed by atoms with van der Waals surface area (Å²) in [7, 11) is 0. The average molecular weight is 219 g/mol. The Balaban J connectivity index is 1.85. The van der Waals surface area contributed by atoms with Gasteiger partial charge in [0.1, 0.15) is 5.82 Å². The largest absolute Gasteiger partial charge is 0.368 e. The van der Waals surface area contributed by atoms with Crippen molar-refractivity contribution in [3.05, 3.63) is 12.3 Å². The van der Waals surface area contributed by atoms with Crippen LogP contribution in [-0.4, -0.2) is 35.6 Å². The lowest BCUT2D eigenvalue weighted by atomic mass is 10.1. The van der Waals surface area contributed by atoms with Gasteiger partial charge in [-0.25, -0.2) is 4.98 Å². The van der Waals surface area contributed by atoms with Gasteiger partial charge >= 0.3 is 0 Å². The number of piperazine rings is 1. The number of nitrogens with one attached hydrogen (secondary N) is 1. The zero-order valence-electron chi connectivity index (χ0n) is 9.26. The molecule has 5 heteroatoms. The quantitative estimate of drug-likeness (QED) is 0.746. The molecule has 16 heavy (non-hydrogen) atoms. The summed E-state index contributed by atoms with van der Waals surface area (Å²) in [6.07, 6.45) is 4.44. The predicted octanol–water partition coefficient (Wildman–Crippen LogP) is 0.247. The summed E-state index contributed by atoms with van der Waals surface area (Å²) in [5.74, 6) is 2.18. The highest BCUT2D eigenvalue weighted by Gasteiger charge is 2.37. The van der Waals surface area contributed by atoms with Gasteiger partial charge in [0.2, 0.25) is 5.95 Å². The van der Waals surface area contributed by atoms with Crippen LogP contribution in [0.15, 0.2) is 12.3 Å². The molecule has 2 fully saturated rings. The van der Waals surface area contributed by atoms with Gasteiger partial charge in [-0.1, -0.05) is 0 Å². The van der Waals surface area contributed by atoms with Crippen LogP contribution in [0, 0.1) is 5.92 Å². The number of aromatic nitrogens is 2. The van der Waals surface area contributed by atoms with E-state index >= 15 is 0 Å². The van der Waals surface area contributed by atoms with Gasteiger partial charge in [-0.05, 0) is 24.8 Å². The van der Waals surface area contributed by atoms with Crippen molar-refractivity contribution in [2.24, 2.45) is 5.92 Å². The second kappa shape index (κ2) is 3.90. The van der Waals surface area contributed by atoms with Crippen molar-refractivity contribution in [2.75, 3.05) is 30.3 Å². The summed E-state index contributed by atoms with van der Waals surface area (Å²) >= 11 is 0. The number of hydrogen-bond donors (Lipinski definition) is 2. The number of hydrogen-bond acceptors (Lipinski definition) is 5. The Morgan fingerprint density at radius 1 is 1.44 bits per heavy atom. The third-order valence-corrected chi connectivity index (χ3v) is 3.40. The van der Waals surface area contributed by atoms with E-state index in [0.29, 0.717) is 12.0 Å². The summed E-state index contributed by atoms with van der Waals surface area (Å²) in [6, 6.07) is 2.54. The highest BCUT2D eigenvalue weighted by atomic mass is 15.3. The Kier molecular flexibility index (Phi) is 2.40. The molecule has 3 rings (SSSR count). The van der Waals surface area contributed by atoms with E-state index in [-0.39, 0.29) is 0 Å². The smallest absolute Gasteiger partial charge is 0.221 e. The third-order valence-electron chi connectivity index (χ3n) is 3.40. The number of nitrogen functional groups attached to an aromatic ring is 1. The number of nitrogens with two attached hydrogens (primary N) is 1. The van der Waals surface area contributed by atoms with E-state index in [1.165, 1.54) is 12.8 Å². The van der Waals surface area contributed by atoms with Crippen LogP contribution in [0.3, 0.4) is 0 Å². The van der Waals surface area contributed by atoms with Crippen LogP contribution in [-0.2, 0) is 0 Å². The zero-order valence-corrected chi connectivity index (χ0v) is 9.26. The van der Waals surface area contributed by atoms with Crippen molar-refractivity contribution in [1.82, 2.24) is 15.3 Å². The van der Waals surface area contributed by atoms with Crippen molar-refractivity contribution >= 4 is 11.8 Å². The van der Waals surface area contributed by atoms with E-state index in [0.717, 1.165) is 31.4 Å². The monoisotopic (exact) mass is 219 g/mol. The Hall–Kier alpha value is -1.36. The van der Waals surface area contributed by atoms with Gasteiger partial charge in [-0.15, -0.1) is 0 Å². The molecular formula is C11H17N5. The molecule has 0 radical (unpaired) electrons. The molecule has 0 amide bonds. The molecule has 1 aliphatic carbocycles. The normalized spacial score (nSPS) is 25.8. The van der Waals surface area contributed by atoms with Crippen LogP contribution in [0.1, 0.15) is 12.8 Å². The van der Waals surface area contributed by atoms with Crippen LogP contribution >= 0.6 is 0 Å². The summed E-state index contributed by atoms with van der Waals surface area (Å²) < 4.78 is 0. The van der Waals surface area contributed by atoms with Gasteiger partial charge in [0.05, 0.1) is 0 Å². The van der Waals surface area contributed by atoms with Crippen LogP contribution in [0.5, 0.6) is 0 Å². The molecule has 1 saturated carbocycles. The van der Waals surface area contributed by atoms with Crippen molar-refractivity contribution < 1.29 is 0 Å². The standard InChI is InChI=1S/C11H17N5/c12-11-14-4-3-10(15-11)16-6-5-13-7-9(16)8-1-2-8/h3-4,8-9,13H,1-2,5-7H2,(H2,12,14,15). The van der Waals surface area contributed by atoms with Crippen molar-refractivity contribution in [1.29, 1.82) is 0 Å². The molecule has 1 unspecified atom stereocenters. The molecule has 1 aromatic heterocycles. The SMILES string of the molecule is Nc1nccc(N2CCNCC2C2CC2)n1. The first kappa shape index (κ1) is 9.84. The fourth-order valence-corrected chi connectivity index (χ4v) is 2.44. The first-order valence-corrected chi connectivity index (χ1v) is 5.90. The molecule has 1 aromatic rings. The average Bonchev–Trinajstić information content (AvgIpc) is 3.13. The van der Waals surface area contributed by atoms with Crippen molar-refractivity contribution in [3.8, 4) is 0 Å². The van der Waals surface area contributed by atoms with Crippen LogP contribution in [0.4, 0.5) is 11.8 Å². The minimum absolute atomic E-state index is 0.366. The molecule has 3 N–H and O–H groups in total. The highest BCUT2D eigenvalue weighted by Crippen LogP contribution is 2.37. The van der Waals surface area contributed by atoms with Gasteiger partial charge in [-0.2, -0.15) is 4.98 Å². The Bertz CT molecular complexity index is 376. The third kappa shape index (κ3) is 1.82. The first-order chi connectivity index (χ1) is 7.84. The molecule has 2 heterocycles. The molecule has 0 spiro atoms. The van der Waals surface area contributed by atoms with E-state index < -0.39 is 0 Å². The molecule has 0 bridgehead atoms. The first-order valence-electron chi connectivity index (χ1n) is 5.90. The molecule has 1 atom stereocenters. The lowest BCUT2D eigenvalue weighted by Crippen LogP contribution is -2.52. The van der Waals surface area contributed by atoms with E-state index in [2.05, 4.69) is 20.2 Å². The molecule has 86 valence electrons. The summed E-state index contributed by atoms with van der Waals surface area (Å²) in [5.41, 5.74) is 5.64. The van der Waals surface area contributed by atoms with E-state index in [1.54, 1.807) is 6.20 Å². The van der Waals surface area contributed by atoms with E-state index in [9.17, 15) is 0 Å². The topological polar surface area (TPSA) is 67.1 Å². The molecule has 2 aliphatic rings. The van der Waals surface area contributed by atoms with Crippen molar-refractivity contribution in [3.63, 3.8) is 0 Å². The molecule has 0 aromatic carbocycles. The van der Waals surface area contributed by atoms with Crippen LogP contribution < -0.4 is 16.0 Å². The molecular weight excluding hydrogens is 202 g/mol. The Labute approximate surface area is 95.1 Å². The maximum absolute atomic E-state index is 5.64. The lowest BCUT2D eigenvalue weighted by molar-refractivity contribution is 0.437. The lowest BCUT2D eigenvalue weighted by Gasteiger charge is -2.37. The van der Waals surface area contributed by atoms with Crippen LogP contribution in [0.2, 0.25) is 0 Å². The van der Waals surface area contributed by atoms with Crippen molar-refractivity contribution in [2.45, 2.75) is 18.9 Å². The Morgan fingerprint density at radius 3 is 3.06 bits per heavy atom. The predicted molar refractivity (Wildman–Crippen MR) is 63.2 cm³/mol. The number of anilines is 2. The maximum Gasteiger partial charge on any atom is 0.221 e. The van der Waals surface area contributed by atoms with Gasteiger partial charge in [0.15, 0.2) is 0 Å². The summed E-state index contributed by atoms with van der Waals surface area (Å²) in [5, 5.41) is 3.45. The van der Waals surface area contributed by atoms with Gasteiger partial charge < -0.3 is 16.0 Å². The minimum Gasteiger partial charge on any atom is -0.368 e. The number of nitrogens with zero attached hydrogens (tertiary/aromatic N) is 3. The second-order valence-electron chi connectivity index (χ2n) is 4.58. The maximum atomic E-state index is 5.64. The fraction of sp³-hybridized carbons (Fsp3) is 0.636. The van der Waals surface area contributed by atoms with Gasteiger partial charge in [0.25, 0.3) is 0 Å². The molecule has 1 aliphatic heterocycles. The van der Waals surface area contributed by atoms with E-state index in [1.807, 2.05) is 6.07 Å². The second-order valence-corrected chi connectivity index (χ2v) is 4.58. The Morgan fingerprint density at radius 2 is 2.31 bits per heavy atom. The van der Waals surface area contributed by atoms with E-state index in [4.69, 9.17) is 5.73 Å². The molecule has 5 nitrogen and oxygen atoms in total. The fourth-order valence-electron chi connectivity index (χ4n) is 2.44. The summed E-state index contributed by atoms with van der Waals surface area (Å²) in [6.45, 7) is 3.10. The number of rotatable bonds is 2. The highest BCUT2D eigenvalue weighted by molar-refractivity contribution is 5.43. The van der Waals surface area contributed by atoms with Crippen LogP contribution in [0.25, 0.3) is 0 Å². The molecule has 1 saturated heterocycles. The van der Waals surface area contributed by atoms with Gasteiger partial charge in [-0.3, -0.25) is 0 Å². The summed E-state index contributed by atoms with van der Waals surface area (Å²) in [4.78, 5) is 10.6.